The van der Waals surface area contributed by atoms with Crippen molar-refractivity contribution in [3.63, 3.8) is 0 Å². The Morgan fingerprint density at radius 3 is 2.41 bits per heavy atom. The van der Waals surface area contributed by atoms with Gasteiger partial charge in [-0.05, 0) is 58.1 Å². The lowest BCUT2D eigenvalue weighted by Crippen LogP contribution is -2.38. The molecule has 9 nitrogen and oxygen atoms in total. The number of benzene rings is 1. The van der Waals surface area contributed by atoms with Gasteiger partial charge in [0, 0.05) is 55.5 Å². The Morgan fingerprint density at radius 2 is 1.81 bits per heavy atom. The summed E-state index contributed by atoms with van der Waals surface area (Å²) in [5.74, 6) is -0.179. The quantitative estimate of drug-likeness (QED) is 0.525. The largest absolute Gasteiger partial charge is 0.351 e. The van der Waals surface area contributed by atoms with E-state index in [4.69, 9.17) is 0 Å². The second-order valence-corrected chi connectivity index (χ2v) is 8.32. The molecule has 0 spiro atoms. The predicted molar refractivity (Wildman–Crippen MR) is 121 cm³/mol. The second kappa shape index (κ2) is 10.3. The van der Waals surface area contributed by atoms with Gasteiger partial charge in [-0.3, -0.25) is 24.7 Å². The molecule has 2 heterocycles. The summed E-state index contributed by atoms with van der Waals surface area (Å²) in [4.78, 5) is 44.3. The Balaban J connectivity index is 1.66. The number of carbonyl (C=O) groups excluding carboxylic acids is 2. The SMILES string of the molecule is Cc1ccc(C(=O)NCCN(C)C)c(C2CCN(C(=O)c3ccc([N+](=O)[O-])cc3)CC2)n1. The lowest BCUT2D eigenvalue weighted by Gasteiger charge is -2.32. The van der Waals surface area contributed by atoms with Crippen LogP contribution in [0.4, 0.5) is 5.69 Å². The van der Waals surface area contributed by atoms with Crippen LogP contribution in [0.2, 0.25) is 0 Å². The standard InChI is InChI=1S/C23H29N5O4/c1-16-4-9-20(22(29)24-12-15-26(2)3)21(25-16)17-10-13-27(14-11-17)23(30)18-5-7-19(8-6-18)28(31)32/h4-9,17H,10-15H2,1-3H3,(H,24,29). The van der Waals surface area contributed by atoms with Crippen LogP contribution in [0.25, 0.3) is 0 Å². The summed E-state index contributed by atoms with van der Waals surface area (Å²) in [7, 11) is 3.91. The first kappa shape index (κ1) is 23.3. The van der Waals surface area contributed by atoms with Gasteiger partial charge in [-0.1, -0.05) is 0 Å². The zero-order chi connectivity index (χ0) is 23.3. The van der Waals surface area contributed by atoms with Crippen LogP contribution in [-0.2, 0) is 0 Å². The maximum absolute atomic E-state index is 12.8. The van der Waals surface area contributed by atoms with Crippen LogP contribution in [0, 0.1) is 17.0 Å². The molecular formula is C23H29N5O4. The lowest BCUT2D eigenvalue weighted by molar-refractivity contribution is -0.384. The number of likely N-dealkylation sites (tertiary alicyclic amines) is 1. The van der Waals surface area contributed by atoms with E-state index >= 15 is 0 Å². The highest BCUT2D eigenvalue weighted by molar-refractivity contribution is 5.96. The average molecular weight is 440 g/mol. The number of piperidine rings is 1. The second-order valence-electron chi connectivity index (χ2n) is 8.32. The first-order valence-corrected chi connectivity index (χ1v) is 10.7. The third-order valence-electron chi connectivity index (χ3n) is 5.65. The first-order chi connectivity index (χ1) is 15.3. The number of aromatic nitrogens is 1. The van der Waals surface area contributed by atoms with Gasteiger partial charge in [-0.25, -0.2) is 0 Å². The van der Waals surface area contributed by atoms with Crippen molar-refractivity contribution in [1.29, 1.82) is 0 Å². The predicted octanol–water partition coefficient (Wildman–Crippen LogP) is 2.61. The summed E-state index contributed by atoms with van der Waals surface area (Å²) in [6.07, 6.45) is 1.40. The molecule has 2 aromatic rings. The van der Waals surface area contributed by atoms with Gasteiger partial charge < -0.3 is 15.1 Å². The monoisotopic (exact) mass is 439 g/mol. The summed E-state index contributed by atoms with van der Waals surface area (Å²) in [5.41, 5.74) is 2.63. The van der Waals surface area contributed by atoms with E-state index in [-0.39, 0.29) is 23.4 Å². The van der Waals surface area contributed by atoms with Crippen LogP contribution in [0.15, 0.2) is 36.4 Å². The van der Waals surface area contributed by atoms with Crippen molar-refractivity contribution >= 4 is 17.5 Å². The van der Waals surface area contributed by atoms with E-state index in [9.17, 15) is 19.7 Å². The number of carbonyl (C=O) groups is 2. The van der Waals surface area contributed by atoms with Crippen molar-refractivity contribution in [1.82, 2.24) is 20.1 Å². The number of likely N-dealkylation sites (N-methyl/N-ethyl adjacent to an activating group) is 1. The Bertz CT molecular complexity index is 982. The molecule has 9 heteroatoms. The zero-order valence-electron chi connectivity index (χ0n) is 18.7. The van der Waals surface area contributed by atoms with Crippen LogP contribution in [-0.4, -0.2) is 71.8 Å². The number of hydrogen-bond donors (Lipinski definition) is 1. The summed E-state index contributed by atoms with van der Waals surface area (Å²) in [6, 6.07) is 9.35. The molecule has 1 aromatic carbocycles. The highest BCUT2D eigenvalue weighted by Gasteiger charge is 2.28. The fraction of sp³-hybridized carbons (Fsp3) is 0.435. The molecule has 0 saturated carbocycles. The number of non-ortho nitro benzene ring substituents is 1. The minimum absolute atomic E-state index is 0.0397. The molecule has 0 bridgehead atoms. The van der Waals surface area contributed by atoms with E-state index in [1.165, 1.54) is 24.3 Å². The molecular weight excluding hydrogens is 410 g/mol. The van der Waals surface area contributed by atoms with Crippen molar-refractivity contribution in [2.45, 2.75) is 25.7 Å². The van der Waals surface area contributed by atoms with E-state index in [1.54, 1.807) is 4.90 Å². The van der Waals surface area contributed by atoms with Crippen molar-refractivity contribution < 1.29 is 14.5 Å². The van der Waals surface area contributed by atoms with Crippen molar-refractivity contribution in [2.24, 2.45) is 0 Å². The molecule has 1 aliphatic rings. The number of nitro groups is 1. The number of nitrogens with zero attached hydrogens (tertiary/aromatic N) is 4. The van der Waals surface area contributed by atoms with Gasteiger partial charge in [-0.2, -0.15) is 0 Å². The summed E-state index contributed by atoms with van der Waals surface area (Å²) in [6.45, 7) is 4.30. The van der Waals surface area contributed by atoms with Gasteiger partial charge in [0.25, 0.3) is 17.5 Å². The van der Waals surface area contributed by atoms with E-state index < -0.39 is 4.92 Å². The van der Waals surface area contributed by atoms with Crippen molar-refractivity contribution in [3.8, 4) is 0 Å². The van der Waals surface area contributed by atoms with Crippen molar-refractivity contribution in [2.75, 3.05) is 40.3 Å². The molecule has 0 aliphatic carbocycles. The Morgan fingerprint density at radius 1 is 1.16 bits per heavy atom. The molecule has 3 rings (SSSR count). The third kappa shape index (κ3) is 5.67. The Hall–Kier alpha value is -3.33. The molecule has 0 radical (unpaired) electrons. The van der Waals surface area contributed by atoms with Crippen molar-refractivity contribution in [3.05, 3.63) is 69.0 Å². The minimum Gasteiger partial charge on any atom is -0.351 e. The molecule has 0 atom stereocenters. The van der Waals surface area contributed by atoms with Gasteiger partial charge >= 0.3 is 0 Å². The van der Waals surface area contributed by atoms with Gasteiger partial charge in [-0.15, -0.1) is 0 Å². The van der Waals surface area contributed by atoms with Crippen LogP contribution >= 0.6 is 0 Å². The molecule has 32 heavy (non-hydrogen) atoms. The Kier molecular flexibility index (Phi) is 7.53. The fourth-order valence-corrected chi connectivity index (χ4v) is 3.83. The number of rotatable bonds is 7. The van der Waals surface area contributed by atoms with E-state index in [0.29, 0.717) is 43.6 Å². The van der Waals surface area contributed by atoms with E-state index in [1.807, 2.05) is 38.1 Å². The number of pyridine rings is 1. The van der Waals surface area contributed by atoms with Crippen LogP contribution < -0.4 is 5.32 Å². The maximum atomic E-state index is 12.8. The first-order valence-electron chi connectivity index (χ1n) is 10.7. The normalized spacial score (nSPS) is 14.4. The zero-order valence-corrected chi connectivity index (χ0v) is 18.7. The molecule has 1 aliphatic heterocycles. The summed E-state index contributed by atoms with van der Waals surface area (Å²) < 4.78 is 0. The smallest absolute Gasteiger partial charge is 0.269 e. The van der Waals surface area contributed by atoms with Crippen LogP contribution in [0.1, 0.15) is 50.9 Å². The fourth-order valence-electron chi connectivity index (χ4n) is 3.83. The van der Waals surface area contributed by atoms with Gasteiger partial charge in [0.05, 0.1) is 16.2 Å². The topological polar surface area (TPSA) is 109 Å². The molecule has 170 valence electrons. The Labute approximate surface area is 187 Å². The maximum Gasteiger partial charge on any atom is 0.269 e. The van der Waals surface area contributed by atoms with Gasteiger partial charge in [0.15, 0.2) is 0 Å². The molecule has 1 fully saturated rings. The summed E-state index contributed by atoms with van der Waals surface area (Å²) >= 11 is 0. The molecule has 1 N–H and O–H groups in total. The van der Waals surface area contributed by atoms with Gasteiger partial charge in [0.1, 0.15) is 0 Å². The number of aryl methyl sites for hydroxylation is 1. The van der Waals surface area contributed by atoms with Crippen LogP contribution in [0.3, 0.4) is 0 Å². The molecule has 2 amide bonds. The minimum atomic E-state index is -0.483. The number of amides is 2. The highest BCUT2D eigenvalue weighted by atomic mass is 16.6. The van der Waals surface area contributed by atoms with E-state index in [2.05, 4.69) is 10.3 Å². The molecule has 0 unspecified atom stereocenters. The molecule has 1 saturated heterocycles. The number of nitro benzene ring substituents is 1. The number of hydrogen-bond acceptors (Lipinski definition) is 6. The highest BCUT2D eigenvalue weighted by Crippen LogP contribution is 2.30. The molecule has 1 aromatic heterocycles. The van der Waals surface area contributed by atoms with E-state index in [0.717, 1.165) is 17.9 Å². The van der Waals surface area contributed by atoms with Gasteiger partial charge in [0.2, 0.25) is 0 Å². The lowest BCUT2D eigenvalue weighted by atomic mass is 9.89. The third-order valence-corrected chi connectivity index (χ3v) is 5.65. The summed E-state index contributed by atoms with van der Waals surface area (Å²) in [5, 5.41) is 13.8. The number of nitrogens with one attached hydrogen (secondary N) is 1. The average Bonchev–Trinajstić information content (AvgIpc) is 2.78. The van der Waals surface area contributed by atoms with Crippen LogP contribution in [0.5, 0.6) is 0 Å².